The van der Waals surface area contributed by atoms with E-state index in [2.05, 4.69) is 4.74 Å². The standard InChI is InChI=1S/C23H34F3NO7/c1-4-5-12-31-13-10-27(22(30)33-16-23(24,25)26)11-14-32-19-8-6-18(7-9-19)15-20(21(28)29)34-17(2)3/h6-9,17,20H,4-5,10-16H2,1-3H3,(H,28,29). The van der Waals surface area contributed by atoms with E-state index >= 15 is 0 Å². The first-order valence-corrected chi connectivity index (χ1v) is 11.2. The zero-order valence-electron chi connectivity index (χ0n) is 19.8. The second kappa shape index (κ2) is 15.4. The van der Waals surface area contributed by atoms with E-state index in [0.29, 0.717) is 12.4 Å². The summed E-state index contributed by atoms with van der Waals surface area (Å²) in [5, 5.41) is 9.27. The van der Waals surface area contributed by atoms with Gasteiger partial charge in [0.2, 0.25) is 0 Å². The molecule has 1 N–H and O–H groups in total. The number of rotatable bonds is 16. The molecule has 0 aromatic heterocycles. The average Bonchev–Trinajstić information content (AvgIpc) is 2.76. The van der Waals surface area contributed by atoms with E-state index in [1.807, 2.05) is 6.92 Å². The van der Waals surface area contributed by atoms with Gasteiger partial charge in [0.25, 0.3) is 0 Å². The molecule has 1 atom stereocenters. The number of halogens is 3. The number of amides is 1. The van der Waals surface area contributed by atoms with Crippen LogP contribution in [0.1, 0.15) is 39.2 Å². The zero-order valence-corrected chi connectivity index (χ0v) is 19.8. The van der Waals surface area contributed by atoms with Crippen LogP contribution in [0.25, 0.3) is 0 Å². The van der Waals surface area contributed by atoms with E-state index in [1.165, 1.54) is 0 Å². The zero-order chi connectivity index (χ0) is 25.6. The number of unbranched alkanes of at least 4 members (excludes halogenated alkanes) is 1. The van der Waals surface area contributed by atoms with Gasteiger partial charge in [-0.05, 0) is 38.0 Å². The smallest absolute Gasteiger partial charge is 0.422 e. The minimum atomic E-state index is -4.61. The third-order valence-corrected chi connectivity index (χ3v) is 4.45. The lowest BCUT2D eigenvalue weighted by molar-refractivity contribution is -0.162. The Morgan fingerprint density at radius 3 is 2.26 bits per heavy atom. The van der Waals surface area contributed by atoms with Crippen molar-refractivity contribution in [3.63, 3.8) is 0 Å². The highest BCUT2D eigenvalue weighted by molar-refractivity contribution is 5.72. The van der Waals surface area contributed by atoms with E-state index in [1.54, 1.807) is 38.1 Å². The van der Waals surface area contributed by atoms with Crippen molar-refractivity contribution in [2.75, 3.05) is 39.5 Å². The molecular weight excluding hydrogens is 459 g/mol. The van der Waals surface area contributed by atoms with E-state index < -0.39 is 30.9 Å². The number of aliphatic carboxylic acids is 1. The molecule has 11 heteroatoms. The highest BCUT2D eigenvalue weighted by Crippen LogP contribution is 2.17. The van der Waals surface area contributed by atoms with Crippen molar-refractivity contribution in [2.24, 2.45) is 0 Å². The lowest BCUT2D eigenvalue weighted by Gasteiger charge is -2.22. The van der Waals surface area contributed by atoms with E-state index in [4.69, 9.17) is 14.2 Å². The van der Waals surface area contributed by atoms with Gasteiger partial charge in [-0.15, -0.1) is 0 Å². The summed E-state index contributed by atoms with van der Waals surface area (Å²) in [6.45, 7) is 4.59. The Bertz CT molecular complexity index is 726. The predicted molar refractivity (Wildman–Crippen MR) is 118 cm³/mol. The molecule has 0 saturated heterocycles. The number of carboxylic acids is 1. The molecule has 0 spiro atoms. The molecule has 1 amide bonds. The van der Waals surface area contributed by atoms with Crippen LogP contribution in [-0.4, -0.2) is 80.0 Å². The Labute approximate surface area is 197 Å². The van der Waals surface area contributed by atoms with Crippen LogP contribution in [-0.2, 0) is 25.4 Å². The fraction of sp³-hybridized carbons (Fsp3) is 0.652. The van der Waals surface area contributed by atoms with Crippen LogP contribution >= 0.6 is 0 Å². The maximum atomic E-state index is 12.4. The molecule has 0 heterocycles. The number of alkyl halides is 3. The minimum absolute atomic E-state index is 0.00109. The van der Waals surface area contributed by atoms with Crippen LogP contribution in [0.2, 0.25) is 0 Å². The van der Waals surface area contributed by atoms with Crippen molar-refractivity contribution < 1.29 is 46.8 Å². The molecule has 1 aromatic rings. The summed E-state index contributed by atoms with van der Waals surface area (Å²) in [5.41, 5.74) is 0.738. The molecule has 0 aliphatic rings. The van der Waals surface area contributed by atoms with E-state index in [9.17, 15) is 27.9 Å². The molecule has 0 bridgehead atoms. The summed E-state index contributed by atoms with van der Waals surface area (Å²) in [6, 6.07) is 6.69. The maximum Gasteiger partial charge on any atom is 0.422 e. The van der Waals surface area contributed by atoms with Gasteiger partial charge >= 0.3 is 18.2 Å². The van der Waals surface area contributed by atoms with E-state index in [0.717, 1.165) is 23.3 Å². The summed E-state index contributed by atoms with van der Waals surface area (Å²) in [6.07, 6.45) is -4.95. The summed E-state index contributed by atoms with van der Waals surface area (Å²) in [5.74, 6) is -0.589. The van der Waals surface area contributed by atoms with Gasteiger partial charge in [0.15, 0.2) is 12.7 Å². The number of carbonyl (C=O) groups is 2. The van der Waals surface area contributed by atoms with Gasteiger partial charge in [0.05, 0.1) is 19.3 Å². The van der Waals surface area contributed by atoms with Crippen LogP contribution in [0.15, 0.2) is 24.3 Å². The van der Waals surface area contributed by atoms with Gasteiger partial charge in [-0.1, -0.05) is 25.5 Å². The number of hydrogen-bond donors (Lipinski definition) is 1. The Morgan fingerprint density at radius 1 is 1.06 bits per heavy atom. The van der Waals surface area contributed by atoms with Gasteiger partial charge in [-0.2, -0.15) is 13.2 Å². The summed E-state index contributed by atoms with van der Waals surface area (Å²) >= 11 is 0. The maximum absolute atomic E-state index is 12.4. The van der Waals surface area contributed by atoms with Crippen molar-refractivity contribution in [3.05, 3.63) is 29.8 Å². The molecule has 1 unspecified atom stereocenters. The molecule has 194 valence electrons. The predicted octanol–water partition coefficient (Wildman–Crippen LogP) is 4.30. The van der Waals surface area contributed by atoms with Gasteiger partial charge in [-0.25, -0.2) is 9.59 Å². The molecular formula is C23H34F3NO7. The summed E-state index contributed by atoms with van der Waals surface area (Å²) < 4.78 is 57.8. The molecule has 8 nitrogen and oxygen atoms in total. The van der Waals surface area contributed by atoms with Crippen molar-refractivity contribution in [1.82, 2.24) is 4.90 Å². The Hall–Kier alpha value is -2.53. The Balaban J connectivity index is 2.59. The average molecular weight is 494 g/mol. The molecule has 34 heavy (non-hydrogen) atoms. The second-order valence-electron chi connectivity index (χ2n) is 7.83. The fourth-order valence-corrected chi connectivity index (χ4v) is 2.78. The van der Waals surface area contributed by atoms with Gasteiger partial charge < -0.3 is 29.0 Å². The third kappa shape index (κ3) is 13.2. The molecule has 0 saturated carbocycles. The largest absolute Gasteiger partial charge is 0.492 e. The van der Waals surface area contributed by atoms with Crippen molar-refractivity contribution in [2.45, 2.75) is 58.4 Å². The molecule has 0 aliphatic heterocycles. The second-order valence-corrected chi connectivity index (χ2v) is 7.83. The number of carbonyl (C=O) groups excluding carboxylic acids is 1. The Kier molecular flexibility index (Phi) is 13.4. The third-order valence-electron chi connectivity index (χ3n) is 4.45. The first kappa shape index (κ1) is 29.5. The van der Waals surface area contributed by atoms with Crippen LogP contribution in [0.3, 0.4) is 0 Å². The number of nitrogens with zero attached hydrogens (tertiary/aromatic N) is 1. The van der Waals surface area contributed by atoms with Gasteiger partial charge in [-0.3, -0.25) is 0 Å². The lowest BCUT2D eigenvalue weighted by Crippen LogP contribution is -2.39. The van der Waals surface area contributed by atoms with Crippen LogP contribution in [0.4, 0.5) is 18.0 Å². The monoisotopic (exact) mass is 493 g/mol. The SMILES string of the molecule is CCCCOCCN(CCOc1ccc(CC(OC(C)C)C(=O)O)cc1)C(=O)OCC(F)(F)F. The number of carboxylic acid groups (broad SMARTS) is 1. The first-order valence-electron chi connectivity index (χ1n) is 11.2. The van der Waals surface area contributed by atoms with Crippen molar-refractivity contribution >= 4 is 12.1 Å². The normalized spacial score (nSPS) is 12.4. The fourth-order valence-electron chi connectivity index (χ4n) is 2.78. The van der Waals surface area contributed by atoms with Crippen molar-refractivity contribution in [3.8, 4) is 5.75 Å². The minimum Gasteiger partial charge on any atom is -0.492 e. The highest BCUT2D eigenvalue weighted by Gasteiger charge is 2.30. The quantitative estimate of drug-likeness (QED) is 0.343. The lowest BCUT2D eigenvalue weighted by atomic mass is 10.1. The molecule has 1 aromatic carbocycles. The summed E-state index contributed by atoms with van der Waals surface area (Å²) in [7, 11) is 0. The molecule has 1 rings (SSSR count). The molecule has 0 radical (unpaired) electrons. The molecule has 0 aliphatic carbocycles. The van der Waals surface area contributed by atoms with E-state index in [-0.39, 0.29) is 38.8 Å². The number of benzene rings is 1. The van der Waals surface area contributed by atoms with Crippen molar-refractivity contribution in [1.29, 1.82) is 0 Å². The topological polar surface area (TPSA) is 94.5 Å². The van der Waals surface area contributed by atoms with Crippen LogP contribution < -0.4 is 4.74 Å². The van der Waals surface area contributed by atoms with Crippen LogP contribution in [0, 0.1) is 0 Å². The first-order chi connectivity index (χ1) is 16.0. The highest BCUT2D eigenvalue weighted by atomic mass is 19.4. The molecule has 0 fully saturated rings. The van der Waals surface area contributed by atoms with Gasteiger partial charge in [0.1, 0.15) is 12.4 Å². The number of ether oxygens (including phenoxy) is 4. The Morgan fingerprint density at radius 2 is 1.71 bits per heavy atom. The van der Waals surface area contributed by atoms with Gasteiger partial charge in [0, 0.05) is 19.6 Å². The summed E-state index contributed by atoms with van der Waals surface area (Å²) in [4.78, 5) is 24.5. The number of hydrogen-bond acceptors (Lipinski definition) is 6. The van der Waals surface area contributed by atoms with Crippen LogP contribution in [0.5, 0.6) is 5.75 Å².